The van der Waals surface area contributed by atoms with Crippen LogP contribution >= 0.6 is 23.8 Å². The van der Waals surface area contributed by atoms with E-state index in [1.54, 1.807) is 12.1 Å². The van der Waals surface area contributed by atoms with Crippen LogP contribution in [0.15, 0.2) is 42.5 Å². The van der Waals surface area contributed by atoms with E-state index in [0.29, 0.717) is 28.4 Å². The summed E-state index contributed by atoms with van der Waals surface area (Å²) in [5, 5.41) is 14.7. The number of hydrogen-bond acceptors (Lipinski definition) is 3. The molecule has 1 aliphatic carbocycles. The highest BCUT2D eigenvalue weighted by Crippen LogP contribution is 2.31. The highest BCUT2D eigenvalue weighted by Gasteiger charge is 2.31. The maximum Gasteiger partial charge on any atom is 0.271 e. The molecule has 0 unspecified atom stereocenters. The summed E-state index contributed by atoms with van der Waals surface area (Å²) in [6.07, 6.45) is 2.04. The molecule has 8 heteroatoms. The third-order valence-electron chi connectivity index (χ3n) is 3.92. The van der Waals surface area contributed by atoms with E-state index in [-0.39, 0.29) is 11.5 Å². The molecule has 1 N–H and O–H groups in total. The monoisotopic (exact) mass is 379 g/mol. The van der Waals surface area contributed by atoms with E-state index in [9.17, 15) is 14.5 Å². The SMILES string of the molecule is O=[N+]([O-])c1ccc(Cl)c(NC(=S)N(Cc2ccc(F)cc2)C2CC2)c1. The number of nitro benzene ring substituents is 1. The highest BCUT2D eigenvalue weighted by molar-refractivity contribution is 7.80. The van der Waals surface area contributed by atoms with Gasteiger partial charge in [0.1, 0.15) is 5.82 Å². The second kappa shape index (κ2) is 7.33. The molecule has 0 aliphatic heterocycles. The van der Waals surface area contributed by atoms with Crippen LogP contribution in [0.2, 0.25) is 5.02 Å². The lowest BCUT2D eigenvalue weighted by molar-refractivity contribution is -0.384. The van der Waals surface area contributed by atoms with E-state index in [4.69, 9.17) is 23.8 Å². The summed E-state index contributed by atoms with van der Waals surface area (Å²) in [4.78, 5) is 12.4. The Labute approximate surface area is 154 Å². The Morgan fingerprint density at radius 2 is 2.00 bits per heavy atom. The Morgan fingerprint density at radius 3 is 2.60 bits per heavy atom. The summed E-state index contributed by atoms with van der Waals surface area (Å²) in [5.41, 5.74) is 1.26. The lowest BCUT2D eigenvalue weighted by atomic mass is 10.2. The Bertz CT molecular complexity index is 812. The summed E-state index contributed by atoms with van der Waals surface area (Å²) < 4.78 is 13.1. The van der Waals surface area contributed by atoms with Crippen LogP contribution in [-0.2, 0) is 6.54 Å². The molecule has 25 heavy (non-hydrogen) atoms. The maximum atomic E-state index is 13.1. The van der Waals surface area contributed by atoms with E-state index in [1.807, 2.05) is 4.90 Å². The van der Waals surface area contributed by atoms with Crippen LogP contribution in [0.3, 0.4) is 0 Å². The van der Waals surface area contributed by atoms with Crippen molar-refractivity contribution in [2.24, 2.45) is 0 Å². The van der Waals surface area contributed by atoms with E-state index < -0.39 is 4.92 Å². The summed E-state index contributed by atoms with van der Waals surface area (Å²) >= 11 is 11.6. The normalized spacial score (nSPS) is 13.4. The van der Waals surface area contributed by atoms with Crippen molar-refractivity contribution in [1.82, 2.24) is 4.90 Å². The van der Waals surface area contributed by atoms with Crippen LogP contribution in [-0.4, -0.2) is 21.0 Å². The highest BCUT2D eigenvalue weighted by atomic mass is 35.5. The van der Waals surface area contributed by atoms with Crippen LogP contribution in [0.1, 0.15) is 18.4 Å². The van der Waals surface area contributed by atoms with Gasteiger partial charge < -0.3 is 10.2 Å². The van der Waals surface area contributed by atoms with Gasteiger partial charge in [-0.25, -0.2) is 4.39 Å². The molecule has 0 radical (unpaired) electrons. The molecule has 0 atom stereocenters. The molecule has 0 spiro atoms. The van der Waals surface area contributed by atoms with Crippen molar-refractivity contribution in [3.8, 4) is 0 Å². The number of nitrogens with one attached hydrogen (secondary N) is 1. The standard InChI is InChI=1S/C17H15ClFN3O2S/c18-15-8-7-14(22(23)24)9-16(15)20-17(25)21(13-5-6-13)10-11-1-3-12(19)4-2-11/h1-4,7-9,13H,5-6,10H2,(H,20,25). The predicted molar refractivity (Wildman–Crippen MR) is 99.3 cm³/mol. The molecule has 1 saturated carbocycles. The quantitative estimate of drug-likeness (QED) is 0.461. The topological polar surface area (TPSA) is 58.4 Å². The summed E-state index contributed by atoms with van der Waals surface area (Å²) in [6.45, 7) is 0.531. The molecule has 130 valence electrons. The smallest absolute Gasteiger partial charge is 0.271 e. The van der Waals surface area contributed by atoms with E-state index in [2.05, 4.69) is 5.32 Å². The fraction of sp³-hybridized carbons (Fsp3) is 0.235. The third-order valence-corrected chi connectivity index (χ3v) is 4.58. The van der Waals surface area contributed by atoms with Gasteiger partial charge in [-0.2, -0.15) is 0 Å². The Morgan fingerprint density at radius 1 is 1.32 bits per heavy atom. The zero-order valence-corrected chi connectivity index (χ0v) is 14.7. The van der Waals surface area contributed by atoms with Crippen molar-refractivity contribution in [3.05, 3.63) is 69.0 Å². The summed E-state index contributed by atoms with van der Waals surface area (Å²) in [6, 6.07) is 10.7. The van der Waals surface area contributed by atoms with Gasteiger partial charge in [-0.15, -0.1) is 0 Å². The largest absolute Gasteiger partial charge is 0.342 e. The molecular formula is C17H15ClFN3O2S. The van der Waals surface area contributed by atoms with E-state index in [0.717, 1.165) is 18.4 Å². The van der Waals surface area contributed by atoms with Crippen molar-refractivity contribution in [3.63, 3.8) is 0 Å². The van der Waals surface area contributed by atoms with Crippen molar-refractivity contribution in [2.45, 2.75) is 25.4 Å². The number of benzene rings is 2. The minimum Gasteiger partial charge on any atom is -0.342 e. The average molecular weight is 380 g/mol. The second-order valence-electron chi connectivity index (χ2n) is 5.84. The minimum absolute atomic E-state index is 0.0637. The Hall–Kier alpha value is -2.25. The Balaban J connectivity index is 1.76. The van der Waals surface area contributed by atoms with E-state index >= 15 is 0 Å². The first-order valence-corrected chi connectivity index (χ1v) is 8.48. The first-order chi connectivity index (χ1) is 11.9. The van der Waals surface area contributed by atoms with Gasteiger partial charge in [-0.1, -0.05) is 23.7 Å². The third kappa shape index (κ3) is 4.43. The number of thiocarbonyl (C=S) groups is 1. The van der Waals surface area contributed by atoms with Crippen LogP contribution in [0.25, 0.3) is 0 Å². The number of rotatable bonds is 5. The molecule has 1 aliphatic rings. The average Bonchev–Trinajstić information content (AvgIpc) is 3.40. The van der Waals surface area contributed by atoms with Gasteiger partial charge >= 0.3 is 0 Å². The molecule has 0 bridgehead atoms. The minimum atomic E-state index is -0.484. The van der Waals surface area contributed by atoms with Gasteiger partial charge in [0.25, 0.3) is 5.69 Å². The molecule has 2 aromatic rings. The number of anilines is 1. The van der Waals surface area contributed by atoms with Gasteiger partial charge in [0.15, 0.2) is 5.11 Å². The fourth-order valence-corrected chi connectivity index (χ4v) is 2.94. The van der Waals surface area contributed by atoms with Gasteiger partial charge in [-0.05, 0) is 48.8 Å². The van der Waals surface area contributed by atoms with Gasteiger partial charge in [0, 0.05) is 24.7 Å². The molecule has 0 heterocycles. The maximum absolute atomic E-state index is 13.1. The molecule has 0 aromatic heterocycles. The first-order valence-electron chi connectivity index (χ1n) is 7.70. The molecule has 2 aromatic carbocycles. The zero-order chi connectivity index (χ0) is 18.0. The van der Waals surface area contributed by atoms with Crippen molar-refractivity contribution in [1.29, 1.82) is 0 Å². The predicted octanol–water partition coefficient (Wildman–Crippen LogP) is 4.75. The number of halogens is 2. The molecule has 0 saturated heterocycles. The van der Waals surface area contributed by atoms with Crippen molar-refractivity contribution < 1.29 is 9.31 Å². The summed E-state index contributed by atoms with van der Waals surface area (Å²) in [7, 11) is 0. The van der Waals surface area contributed by atoms with Crippen molar-refractivity contribution in [2.75, 3.05) is 5.32 Å². The second-order valence-corrected chi connectivity index (χ2v) is 6.63. The van der Waals surface area contributed by atoms with E-state index in [1.165, 1.54) is 30.3 Å². The fourth-order valence-electron chi connectivity index (χ4n) is 2.45. The molecule has 1 fully saturated rings. The lowest BCUT2D eigenvalue weighted by Crippen LogP contribution is -2.36. The first kappa shape index (κ1) is 17.6. The zero-order valence-electron chi connectivity index (χ0n) is 13.1. The van der Waals surface area contributed by atoms with Crippen molar-refractivity contribution >= 4 is 40.3 Å². The van der Waals surface area contributed by atoms with Gasteiger partial charge in [0.05, 0.1) is 15.6 Å². The van der Waals surface area contributed by atoms with Gasteiger partial charge in [-0.3, -0.25) is 10.1 Å². The molecule has 3 rings (SSSR count). The summed E-state index contributed by atoms with van der Waals surface area (Å²) in [5.74, 6) is -0.286. The van der Waals surface area contributed by atoms with Gasteiger partial charge in [0.2, 0.25) is 0 Å². The van der Waals surface area contributed by atoms with Crippen LogP contribution in [0.4, 0.5) is 15.8 Å². The lowest BCUT2D eigenvalue weighted by Gasteiger charge is -2.26. The molecule has 0 amide bonds. The number of non-ortho nitro benzene ring substituents is 1. The van der Waals surface area contributed by atoms with Crippen LogP contribution < -0.4 is 5.32 Å². The van der Waals surface area contributed by atoms with Crippen LogP contribution in [0, 0.1) is 15.9 Å². The van der Waals surface area contributed by atoms with Crippen LogP contribution in [0.5, 0.6) is 0 Å². The molecular weight excluding hydrogens is 365 g/mol. The number of nitro groups is 1. The Kier molecular flexibility index (Phi) is 5.15. The number of hydrogen-bond donors (Lipinski definition) is 1. The molecule has 5 nitrogen and oxygen atoms in total. The number of nitrogens with zero attached hydrogens (tertiary/aromatic N) is 2.